The largest absolute Gasteiger partial charge is 0.443 e. The summed E-state index contributed by atoms with van der Waals surface area (Å²) in [7, 11) is -1.89. The first-order valence-corrected chi connectivity index (χ1v) is 14.8. The van der Waals surface area contributed by atoms with E-state index in [9.17, 15) is 22.8 Å². The molecule has 2 amide bonds. The van der Waals surface area contributed by atoms with Gasteiger partial charge >= 0.3 is 12.2 Å². The number of thiazole rings is 1. The van der Waals surface area contributed by atoms with Crippen LogP contribution < -0.4 is 10.5 Å². The first-order chi connectivity index (χ1) is 18.4. The number of carbonyl (C=O) groups excluding carboxylic acids is 2. The fourth-order valence-electron chi connectivity index (χ4n) is 3.75. The van der Waals surface area contributed by atoms with E-state index in [1.165, 1.54) is 21.5 Å². The fraction of sp³-hybridized carbons (Fsp3) is 0.440. The maximum absolute atomic E-state index is 13.4. The first kappa shape index (κ1) is 29.1. The quantitative estimate of drug-likeness (QED) is 0.342. The molecule has 0 aliphatic rings. The zero-order chi connectivity index (χ0) is 29.8. The molecule has 0 aromatic carbocycles. The minimum Gasteiger partial charge on any atom is -0.443 e. The Morgan fingerprint density at radius 2 is 1.62 bits per heavy atom. The molecule has 13 nitrogen and oxygen atoms in total. The molecule has 4 aromatic rings. The number of anilines is 1. The Labute approximate surface area is 234 Å². The van der Waals surface area contributed by atoms with Gasteiger partial charge in [0.2, 0.25) is 14.2 Å². The summed E-state index contributed by atoms with van der Waals surface area (Å²) >= 11 is 0.978. The third-order valence-electron chi connectivity index (χ3n) is 5.31. The highest BCUT2D eigenvalue weighted by Gasteiger charge is 2.33. The number of nitrogens with zero attached hydrogens (tertiary/aromatic N) is 6. The van der Waals surface area contributed by atoms with Crippen LogP contribution in [-0.4, -0.2) is 62.4 Å². The first-order valence-electron chi connectivity index (χ1n) is 12.1. The van der Waals surface area contributed by atoms with Crippen LogP contribution in [0.4, 0.5) is 15.4 Å². The molecule has 0 saturated carbocycles. The summed E-state index contributed by atoms with van der Waals surface area (Å²) in [6.45, 7) is 9.93. The van der Waals surface area contributed by atoms with Crippen LogP contribution in [0.5, 0.6) is 0 Å². The number of hydrogen-bond acceptors (Lipinski definition) is 11. The Morgan fingerprint density at radius 1 is 1.02 bits per heavy atom. The van der Waals surface area contributed by atoms with E-state index >= 15 is 0 Å². The second kappa shape index (κ2) is 9.96. The van der Waals surface area contributed by atoms with Gasteiger partial charge in [-0.3, -0.25) is 4.79 Å². The summed E-state index contributed by atoms with van der Waals surface area (Å²) in [6.07, 6.45) is 0.619. The summed E-state index contributed by atoms with van der Waals surface area (Å²) in [6, 6.07) is 4.65. The van der Waals surface area contributed by atoms with Gasteiger partial charge in [0.1, 0.15) is 22.5 Å². The zero-order valence-electron chi connectivity index (χ0n) is 23.4. The molecule has 4 aromatic heterocycles. The molecule has 0 unspecified atom stereocenters. The Hall–Kier alpha value is -3.85. The maximum atomic E-state index is 13.4. The van der Waals surface area contributed by atoms with Crippen molar-refractivity contribution >= 4 is 60.4 Å². The number of amides is 2. The summed E-state index contributed by atoms with van der Waals surface area (Å²) in [5, 5.41) is 4.74. The van der Waals surface area contributed by atoms with Crippen LogP contribution in [0.1, 0.15) is 47.2 Å². The van der Waals surface area contributed by atoms with Crippen LogP contribution in [0.15, 0.2) is 33.5 Å². The Balaban J connectivity index is 1.73. The third kappa shape index (κ3) is 5.99. The highest BCUT2D eigenvalue weighted by atomic mass is 32.2. The normalized spacial score (nSPS) is 12.6. The highest BCUT2D eigenvalue weighted by Crippen LogP contribution is 2.32. The van der Waals surface area contributed by atoms with Gasteiger partial charge in [-0.1, -0.05) is 6.07 Å². The van der Waals surface area contributed by atoms with Gasteiger partial charge in [-0.15, -0.1) is 11.3 Å². The summed E-state index contributed by atoms with van der Waals surface area (Å²) in [5.41, 5.74) is -1.24. The van der Waals surface area contributed by atoms with Crippen LogP contribution in [0.3, 0.4) is 0 Å². The molecule has 0 fully saturated rings. The lowest BCUT2D eigenvalue weighted by molar-refractivity contribution is 0.0429. The van der Waals surface area contributed by atoms with E-state index in [1.54, 1.807) is 60.7 Å². The minimum absolute atomic E-state index is 0.0419. The lowest BCUT2D eigenvalue weighted by Crippen LogP contribution is -2.44. The molecule has 0 spiro atoms. The van der Waals surface area contributed by atoms with Crippen molar-refractivity contribution in [2.24, 2.45) is 7.05 Å². The predicted octanol–water partition coefficient (Wildman–Crippen LogP) is 3.87. The third-order valence-corrected chi connectivity index (χ3v) is 8.06. The van der Waals surface area contributed by atoms with Crippen molar-refractivity contribution in [3.63, 3.8) is 0 Å². The van der Waals surface area contributed by atoms with Crippen molar-refractivity contribution in [2.75, 3.05) is 11.2 Å². The number of ether oxygens (including phenoxy) is 2. The molecular weight excluding hydrogens is 560 g/mol. The number of carbonyl (C=O) groups is 2. The van der Waals surface area contributed by atoms with E-state index in [1.807, 2.05) is 0 Å². The number of rotatable bonds is 4. The Bertz CT molecular complexity index is 1780. The number of hydrogen-bond donors (Lipinski definition) is 0. The van der Waals surface area contributed by atoms with Crippen LogP contribution in [0.2, 0.25) is 0 Å². The van der Waals surface area contributed by atoms with E-state index in [4.69, 9.17) is 9.47 Å². The van der Waals surface area contributed by atoms with Gasteiger partial charge < -0.3 is 14.0 Å². The van der Waals surface area contributed by atoms with Gasteiger partial charge in [-0.05, 0) is 53.7 Å². The summed E-state index contributed by atoms with van der Waals surface area (Å²) in [5.74, 6) is -0.0491. The second-order valence-corrected chi connectivity index (χ2v) is 14.3. The van der Waals surface area contributed by atoms with Crippen LogP contribution in [-0.2, 0) is 32.9 Å². The molecule has 0 N–H and O–H groups in total. The van der Waals surface area contributed by atoms with Crippen LogP contribution in [0.25, 0.3) is 21.3 Å². The van der Waals surface area contributed by atoms with E-state index < -0.39 is 38.8 Å². The molecule has 214 valence electrons. The number of pyridine rings is 1. The van der Waals surface area contributed by atoms with E-state index in [0.29, 0.717) is 31.8 Å². The van der Waals surface area contributed by atoms with Crippen molar-refractivity contribution < 1.29 is 27.5 Å². The van der Waals surface area contributed by atoms with Crippen molar-refractivity contribution in [1.29, 1.82) is 0 Å². The molecule has 4 heterocycles. The van der Waals surface area contributed by atoms with Gasteiger partial charge in [0, 0.05) is 18.7 Å². The van der Waals surface area contributed by atoms with Gasteiger partial charge in [0.05, 0.1) is 23.1 Å². The molecule has 40 heavy (non-hydrogen) atoms. The van der Waals surface area contributed by atoms with Gasteiger partial charge in [-0.25, -0.2) is 32.7 Å². The molecule has 0 atom stereocenters. The fourth-order valence-corrected chi connectivity index (χ4v) is 5.70. The number of imide groups is 1. The summed E-state index contributed by atoms with van der Waals surface area (Å²) in [4.78, 5) is 48.7. The maximum Gasteiger partial charge on any atom is 0.425 e. The Morgan fingerprint density at radius 3 is 2.17 bits per heavy atom. The molecule has 0 aliphatic heterocycles. The van der Waals surface area contributed by atoms with Crippen LogP contribution >= 0.6 is 11.3 Å². The number of fused-ring (bicyclic) bond motifs is 3. The van der Waals surface area contributed by atoms with Crippen molar-refractivity contribution in [1.82, 2.24) is 24.3 Å². The average molecular weight is 591 g/mol. The minimum atomic E-state index is -3.51. The lowest BCUT2D eigenvalue weighted by atomic mass is 10.2. The van der Waals surface area contributed by atoms with Gasteiger partial charge in [0.25, 0.3) is 5.56 Å². The number of sulfone groups is 1. The van der Waals surface area contributed by atoms with Crippen LogP contribution in [0, 0.1) is 0 Å². The molecule has 15 heteroatoms. The van der Waals surface area contributed by atoms with Crippen molar-refractivity contribution in [3.05, 3.63) is 40.4 Å². The van der Waals surface area contributed by atoms with Crippen molar-refractivity contribution in [3.8, 4) is 0 Å². The smallest absolute Gasteiger partial charge is 0.425 e. The van der Waals surface area contributed by atoms with Gasteiger partial charge in [0.15, 0.2) is 5.65 Å². The average Bonchev–Trinajstić information content (AvgIpc) is 3.33. The molecule has 0 aliphatic carbocycles. The second-order valence-electron chi connectivity index (χ2n) is 11.1. The molecular formula is C25H30N6O7S2. The van der Waals surface area contributed by atoms with E-state index in [2.05, 4.69) is 15.1 Å². The monoisotopic (exact) mass is 590 g/mol. The highest BCUT2D eigenvalue weighted by molar-refractivity contribution is 7.92. The molecule has 4 rings (SSSR count). The number of aromatic nitrogens is 5. The standard InChI is InChI=1S/C25H30N6O7S2/c1-24(2,3)37-22(33)31(23(34)38-25(4,5)6)16-11-9-10-14(27-16)13-30-20(32)17-15(12-26-30)18-19(29(17)7)28-21(39-18)40(8,35)36/h9-12H,13H2,1-8H3. The Kier molecular flexibility index (Phi) is 7.26. The SMILES string of the molecule is Cn1c2nc(S(C)(=O)=O)sc2c2cnn(Cc3cccc(N(C(=O)OC(C)(C)C)C(=O)OC(C)(C)C)n3)c(=O)c21. The van der Waals surface area contributed by atoms with Crippen molar-refractivity contribution in [2.45, 2.75) is 63.6 Å². The van der Waals surface area contributed by atoms with E-state index in [0.717, 1.165) is 17.6 Å². The summed E-state index contributed by atoms with van der Waals surface area (Å²) < 4.78 is 38.0. The van der Waals surface area contributed by atoms with E-state index in [-0.39, 0.29) is 16.7 Å². The molecule has 0 bridgehead atoms. The topological polar surface area (TPSA) is 156 Å². The molecule has 0 saturated heterocycles. The molecule has 0 radical (unpaired) electrons. The number of aryl methyl sites for hydroxylation is 1. The lowest BCUT2D eigenvalue weighted by Gasteiger charge is -2.28. The zero-order valence-corrected chi connectivity index (χ0v) is 25.0. The van der Waals surface area contributed by atoms with Gasteiger partial charge in [-0.2, -0.15) is 10.00 Å². The predicted molar refractivity (Wildman–Crippen MR) is 150 cm³/mol.